The van der Waals surface area contributed by atoms with Crippen LogP contribution in [0, 0.1) is 0 Å². The molecule has 0 saturated heterocycles. The first-order chi connectivity index (χ1) is 12.9. The van der Waals surface area contributed by atoms with Crippen molar-refractivity contribution in [2.24, 2.45) is 0 Å². The van der Waals surface area contributed by atoms with Gasteiger partial charge in [0.1, 0.15) is 5.75 Å². The van der Waals surface area contributed by atoms with Crippen LogP contribution in [0.4, 0.5) is 5.69 Å². The number of esters is 1. The number of hydrogen-bond acceptors (Lipinski definition) is 5. The van der Waals surface area contributed by atoms with Crippen molar-refractivity contribution in [1.82, 2.24) is 0 Å². The second-order valence-corrected chi connectivity index (χ2v) is 6.07. The van der Waals surface area contributed by atoms with Crippen molar-refractivity contribution in [2.75, 3.05) is 12.4 Å². The summed E-state index contributed by atoms with van der Waals surface area (Å²) in [5, 5.41) is 2.66. The summed E-state index contributed by atoms with van der Waals surface area (Å²) in [7, 11) is 1.58. The fraction of sp³-hybridized carbons (Fsp3) is 0.286. The Hall–Kier alpha value is -3.15. The minimum absolute atomic E-state index is 0.0507. The number of amides is 1. The van der Waals surface area contributed by atoms with E-state index in [1.54, 1.807) is 31.4 Å². The van der Waals surface area contributed by atoms with E-state index < -0.39 is 18.0 Å². The van der Waals surface area contributed by atoms with Gasteiger partial charge in [-0.2, -0.15) is 0 Å². The lowest BCUT2D eigenvalue weighted by atomic mass is 10.1. The summed E-state index contributed by atoms with van der Waals surface area (Å²) in [4.78, 5) is 35.4. The van der Waals surface area contributed by atoms with Crippen LogP contribution in [0.25, 0.3) is 0 Å². The SMILES string of the molecule is COc1ccccc1CCC(=O)O[C@H](C)C(=O)Nc1ccc(C(C)=O)cc1. The molecule has 0 unspecified atom stereocenters. The molecule has 6 heteroatoms. The van der Waals surface area contributed by atoms with Crippen LogP contribution in [0.3, 0.4) is 0 Å². The average molecular weight is 369 g/mol. The van der Waals surface area contributed by atoms with Crippen LogP contribution >= 0.6 is 0 Å². The number of rotatable bonds is 8. The summed E-state index contributed by atoms with van der Waals surface area (Å²) in [6.45, 7) is 2.99. The molecular formula is C21H23NO5. The lowest BCUT2D eigenvalue weighted by Crippen LogP contribution is -2.30. The lowest BCUT2D eigenvalue weighted by Gasteiger charge is -2.14. The number of carbonyl (C=O) groups excluding carboxylic acids is 3. The highest BCUT2D eigenvalue weighted by Crippen LogP contribution is 2.19. The van der Waals surface area contributed by atoms with E-state index in [0.29, 0.717) is 23.4 Å². The van der Waals surface area contributed by atoms with Gasteiger partial charge in [0.05, 0.1) is 7.11 Å². The average Bonchev–Trinajstić information content (AvgIpc) is 2.66. The summed E-state index contributed by atoms with van der Waals surface area (Å²) >= 11 is 0. The van der Waals surface area contributed by atoms with Gasteiger partial charge in [0, 0.05) is 17.7 Å². The molecule has 0 heterocycles. The molecule has 1 amide bonds. The predicted molar refractivity (Wildman–Crippen MR) is 102 cm³/mol. The number of para-hydroxylation sites is 1. The van der Waals surface area contributed by atoms with Gasteiger partial charge in [-0.05, 0) is 56.2 Å². The van der Waals surface area contributed by atoms with Gasteiger partial charge in [0.2, 0.25) is 0 Å². The van der Waals surface area contributed by atoms with Crippen LogP contribution in [0.15, 0.2) is 48.5 Å². The van der Waals surface area contributed by atoms with Crippen molar-refractivity contribution < 1.29 is 23.9 Å². The summed E-state index contributed by atoms with van der Waals surface area (Å²) in [6.07, 6.45) is -0.322. The van der Waals surface area contributed by atoms with Gasteiger partial charge >= 0.3 is 5.97 Å². The first kappa shape index (κ1) is 20.2. The summed E-state index contributed by atoms with van der Waals surface area (Å²) in [5.74, 6) is -0.234. The van der Waals surface area contributed by atoms with Gasteiger partial charge in [-0.3, -0.25) is 14.4 Å². The fourth-order valence-corrected chi connectivity index (χ4v) is 2.49. The van der Waals surface area contributed by atoms with Crippen molar-refractivity contribution in [1.29, 1.82) is 0 Å². The van der Waals surface area contributed by atoms with Crippen molar-refractivity contribution in [3.05, 3.63) is 59.7 Å². The zero-order valence-corrected chi connectivity index (χ0v) is 15.7. The standard InChI is InChI=1S/C21H23NO5/c1-14(23)16-8-11-18(12-9-16)22-21(25)15(2)27-20(24)13-10-17-6-4-5-7-19(17)26-3/h4-9,11-12,15H,10,13H2,1-3H3,(H,22,25)/t15-/m1/s1. The maximum Gasteiger partial charge on any atom is 0.306 e. The zero-order chi connectivity index (χ0) is 19.8. The van der Waals surface area contributed by atoms with Gasteiger partial charge in [0.15, 0.2) is 11.9 Å². The summed E-state index contributed by atoms with van der Waals surface area (Å²) in [6, 6.07) is 14.0. The monoisotopic (exact) mass is 369 g/mol. The van der Waals surface area contributed by atoms with Crippen LogP contribution < -0.4 is 10.1 Å². The number of ether oxygens (including phenoxy) is 2. The summed E-state index contributed by atoms with van der Waals surface area (Å²) < 4.78 is 10.4. The molecule has 6 nitrogen and oxygen atoms in total. The van der Waals surface area contributed by atoms with E-state index >= 15 is 0 Å². The topological polar surface area (TPSA) is 81.7 Å². The van der Waals surface area contributed by atoms with E-state index in [1.165, 1.54) is 13.8 Å². The first-order valence-electron chi connectivity index (χ1n) is 8.64. The number of methoxy groups -OCH3 is 1. The van der Waals surface area contributed by atoms with E-state index in [1.807, 2.05) is 24.3 Å². The van der Waals surface area contributed by atoms with E-state index in [-0.39, 0.29) is 12.2 Å². The minimum atomic E-state index is -0.928. The highest BCUT2D eigenvalue weighted by molar-refractivity contribution is 5.97. The number of benzene rings is 2. The largest absolute Gasteiger partial charge is 0.496 e. The van der Waals surface area contributed by atoms with Crippen LogP contribution in [-0.2, 0) is 20.7 Å². The first-order valence-corrected chi connectivity index (χ1v) is 8.64. The summed E-state index contributed by atoms with van der Waals surface area (Å²) in [5.41, 5.74) is 1.99. The molecule has 0 bridgehead atoms. The van der Waals surface area contributed by atoms with Gasteiger partial charge in [-0.25, -0.2) is 0 Å². The van der Waals surface area contributed by atoms with Crippen molar-refractivity contribution in [3.8, 4) is 5.75 Å². The number of ketones is 1. The molecule has 2 aromatic carbocycles. The zero-order valence-electron chi connectivity index (χ0n) is 15.7. The molecule has 2 aromatic rings. The molecule has 0 aromatic heterocycles. The Morgan fingerprint density at radius 1 is 1.04 bits per heavy atom. The quantitative estimate of drug-likeness (QED) is 0.570. The van der Waals surface area contributed by atoms with Crippen molar-refractivity contribution in [2.45, 2.75) is 32.8 Å². The Bertz CT molecular complexity index is 814. The third-order valence-corrected chi connectivity index (χ3v) is 4.03. The number of carbonyl (C=O) groups is 3. The van der Waals surface area contributed by atoms with Crippen molar-refractivity contribution in [3.63, 3.8) is 0 Å². The molecule has 1 N–H and O–H groups in total. The molecular weight excluding hydrogens is 346 g/mol. The second kappa shape index (κ2) is 9.52. The molecule has 0 aliphatic heterocycles. The number of aryl methyl sites for hydroxylation is 1. The normalized spacial score (nSPS) is 11.4. The van der Waals surface area contributed by atoms with E-state index in [9.17, 15) is 14.4 Å². The number of Topliss-reactive ketones (excluding diaryl/α,β-unsaturated/α-hetero) is 1. The molecule has 1 atom stereocenters. The van der Waals surface area contributed by atoms with Gasteiger partial charge in [-0.1, -0.05) is 18.2 Å². The highest BCUT2D eigenvalue weighted by atomic mass is 16.5. The third-order valence-electron chi connectivity index (χ3n) is 4.03. The minimum Gasteiger partial charge on any atom is -0.496 e. The number of nitrogens with one attached hydrogen (secondary N) is 1. The Morgan fingerprint density at radius 2 is 1.70 bits per heavy atom. The van der Waals surface area contributed by atoms with Crippen LogP contribution in [0.1, 0.15) is 36.2 Å². The molecule has 0 aliphatic rings. The molecule has 2 rings (SSSR count). The number of hydrogen-bond donors (Lipinski definition) is 1. The Balaban J connectivity index is 1.84. The third kappa shape index (κ3) is 5.95. The highest BCUT2D eigenvalue weighted by Gasteiger charge is 2.18. The molecule has 142 valence electrons. The van der Waals surface area contributed by atoms with Gasteiger partial charge < -0.3 is 14.8 Å². The van der Waals surface area contributed by atoms with Crippen molar-refractivity contribution >= 4 is 23.3 Å². The van der Waals surface area contributed by atoms with Gasteiger partial charge in [-0.15, -0.1) is 0 Å². The van der Waals surface area contributed by atoms with E-state index in [4.69, 9.17) is 9.47 Å². The molecule has 0 aliphatic carbocycles. The Kier molecular flexibility index (Phi) is 7.11. The molecule has 0 radical (unpaired) electrons. The lowest BCUT2D eigenvalue weighted by molar-refractivity contribution is -0.153. The number of anilines is 1. The van der Waals surface area contributed by atoms with Crippen LogP contribution in [0.5, 0.6) is 5.75 Å². The predicted octanol–water partition coefficient (Wildman–Crippen LogP) is 3.40. The van der Waals surface area contributed by atoms with Gasteiger partial charge in [0.25, 0.3) is 5.91 Å². The molecule has 0 saturated carbocycles. The second-order valence-electron chi connectivity index (χ2n) is 6.07. The molecule has 27 heavy (non-hydrogen) atoms. The van der Waals surface area contributed by atoms with E-state index in [2.05, 4.69) is 5.32 Å². The Morgan fingerprint density at radius 3 is 2.33 bits per heavy atom. The van der Waals surface area contributed by atoms with Crippen LogP contribution in [-0.4, -0.2) is 30.9 Å². The smallest absolute Gasteiger partial charge is 0.306 e. The van der Waals surface area contributed by atoms with Crippen LogP contribution in [0.2, 0.25) is 0 Å². The van der Waals surface area contributed by atoms with E-state index in [0.717, 1.165) is 5.56 Å². The Labute approximate surface area is 158 Å². The fourth-order valence-electron chi connectivity index (χ4n) is 2.49. The maximum absolute atomic E-state index is 12.2. The maximum atomic E-state index is 12.2. The molecule has 0 fully saturated rings. The molecule has 0 spiro atoms.